The summed E-state index contributed by atoms with van der Waals surface area (Å²) in [5.41, 5.74) is 3.36. The fraction of sp³-hybridized carbons (Fsp3) is 0. The van der Waals surface area contributed by atoms with E-state index >= 15 is 0 Å². The third kappa shape index (κ3) is 2.97. The number of fused-ring (bicyclic) bond motifs is 1. The molecule has 1 aromatic heterocycles. The van der Waals surface area contributed by atoms with Crippen LogP contribution in [0.25, 0.3) is 22.0 Å². The predicted molar refractivity (Wildman–Crippen MR) is 92.0 cm³/mol. The summed E-state index contributed by atoms with van der Waals surface area (Å²) in [4.78, 5) is 4.27. The number of hydrogen-bond acceptors (Lipinski definition) is 4. The van der Waals surface area contributed by atoms with Crippen molar-refractivity contribution in [1.29, 1.82) is 0 Å². The molecule has 104 valence electrons. The molecule has 0 aliphatic carbocycles. The second kappa shape index (κ2) is 7.06. The van der Waals surface area contributed by atoms with Crippen molar-refractivity contribution in [2.24, 2.45) is 10.3 Å². The molecule has 20 heavy (non-hydrogen) atoms. The second-order valence-corrected chi connectivity index (χ2v) is 5.12. The van der Waals surface area contributed by atoms with Gasteiger partial charge in [-0.2, -0.15) is 0 Å². The van der Waals surface area contributed by atoms with Crippen molar-refractivity contribution in [3.63, 3.8) is 0 Å². The van der Waals surface area contributed by atoms with Gasteiger partial charge in [-0.25, -0.2) is 0 Å². The number of nitrogens with two attached hydrogens (primary N) is 2. The van der Waals surface area contributed by atoms with E-state index in [4.69, 9.17) is 16.7 Å². The van der Waals surface area contributed by atoms with Crippen LogP contribution >= 0.6 is 36.4 Å². The summed E-state index contributed by atoms with van der Waals surface area (Å²) in [5.74, 6) is 0. The van der Waals surface area contributed by atoms with Gasteiger partial charge in [0.2, 0.25) is 0 Å². The zero-order valence-corrected chi connectivity index (χ0v) is 13.0. The monoisotopic (exact) mass is 323 g/mol. The minimum atomic E-state index is 0.751. The van der Waals surface area contributed by atoms with Crippen LogP contribution in [-0.2, 0) is 0 Å². The van der Waals surface area contributed by atoms with E-state index in [2.05, 4.69) is 41.1 Å². The van der Waals surface area contributed by atoms with Gasteiger partial charge >= 0.3 is 0 Å². The van der Waals surface area contributed by atoms with Crippen molar-refractivity contribution in [3.8, 4) is 11.1 Å². The minimum Gasteiger partial charge on any atom is -0.359 e. The van der Waals surface area contributed by atoms with Crippen molar-refractivity contribution in [2.45, 2.75) is 4.90 Å². The van der Waals surface area contributed by atoms with E-state index in [1.165, 1.54) is 11.9 Å². The molecule has 3 aromatic rings. The quantitative estimate of drug-likeness (QED) is 0.421. The molecular weight excluding hydrogens is 310 g/mol. The molecule has 1 heterocycles. The molecule has 0 aliphatic rings. The van der Waals surface area contributed by atoms with E-state index in [0.717, 1.165) is 31.9 Å². The Balaban J connectivity index is 0.000000704. The average molecular weight is 324 g/mol. The molecule has 3 rings (SSSR count). The van der Waals surface area contributed by atoms with Gasteiger partial charge in [0.25, 0.3) is 0 Å². The minimum absolute atomic E-state index is 0.751. The van der Waals surface area contributed by atoms with E-state index in [-0.39, 0.29) is 0 Å². The van der Waals surface area contributed by atoms with Crippen LogP contribution in [0.15, 0.2) is 53.6 Å². The highest BCUT2D eigenvalue weighted by Crippen LogP contribution is 2.32. The molecule has 0 fully saturated rings. The van der Waals surface area contributed by atoms with E-state index in [0.29, 0.717) is 0 Å². The van der Waals surface area contributed by atoms with Gasteiger partial charge in [-0.3, -0.25) is 10.3 Å². The highest BCUT2D eigenvalue weighted by Gasteiger charge is 2.07. The number of nitrogens with one attached hydrogen (secondary N) is 1. The fourth-order valence-electron chi connectivity index (χ4n) is 2.07. The number of hydrogen-bond donors (Lipinski definition) is 4. The lowest BCUT2D eigenvalue weighted by molar-refractivity contribution is 1.44. The van der Waals surface area contributed by atoms with Crippen molar-refractivity contribution in [1.82, 2.24) is 4.98 Å². The second-order valence-electron chi connectivity index (χ2n) is 4.01. The molecule has 0 unspecified atom stereocenters. The zero-order chi connectivity index (χ0) is 14.5. The predicted octanol–water partition coefficient (Wildman–Crippen LogP) is 4.24. The molecule has 0 amide bonds. The van der Waals surface area contributed by atoms with Crippen LogP contribution in [0.1, 0.15) is 0 Å². The molecule has 0 radical (unpaired) electrons. The molecule has 5 N–H and O–H groups in total. The van der Waals surface area contributed by atoms with Crippen LogP contribution in [-0.4, -0.2) is 4.98 Å². The molecular formula is C14H14ClN3S2. The Labute approximate surface area is 132 Å². The lowest BCUT2D eigenvalue weighted by Gasteiger charge is -2.04. The van der Waals surface area contributed by atoms with Crippen molar-refractivity contribution in [3.05, 3.63) is 53.7 Å². The van der Waals surface area contributed by atoms with E-state index < -0.39 is 0 Å². The number of thiol groups is 1. The number of benzene rings is 2. The van der Waals surface area contributed by atoms with Gasteiger partial charge in [-0.15, -0.1) is 12.8 Å². The van der Waals surface area contributed by atoms with Gasteiger partial charge < -0.3 is 4.98 Å². The summed E-state index contributed by atoms with van der Waals surface area (Å²) in [6.07, 6.45) is 1.82. The maximum Gasteiger partial charge on any atom is 0.0659 e. The first-order valence-corrected chi connectivity index (χ1v) is 7.55. The third-order valence-corrected chi connectivity index (χ3v) is 3.82. The first kappa shape index (κ1) is 15.3. The third-order valence-electron chi connectivity index (χ3n) is 2.97. The summed E-state index contributed by atoms with van der Waals surface area (Å²) < 4.78 is 0. The first-order valence-electron chi connectivity index (χ1n) is 5.78. The molecule has 0 spiro atoms. The summed E-state index contributed by atoms with van der Waals surface area (Å²) in [5, 5.41) is 11.5. The molecule has 0 saturated carbocycles. The summed E-state index contributed by atoms with van der Waals surface area (Å²) in [6.45, 7) is 0. The molecule has 0 saturated heterocycles. The van der Waals surface area contributed by atoms with Crippen LogP contribution in [0.3, 0.4) is 0 Å². The molecule has 0 aliphatic heterocycles. The average Bonchev–Trinajstić information content (AvgIpc) is 2.91. The Hall–Kier alpha value is -1.11. The molecule has 3 nitrogen and oxygen atoms in total. The molecule has 0 bridgehead atoms. The standard InChI is InChI=1S/C14H11ClN2S.H3NS/c15-13-8-17-14-11(2-1-3-12(13)14)9-4-6-10(18-16)7-5-9;1-2/h1-8,17H,16H2;2H,1H2. The van der Waals surface area contributed by atoms with Crippen LogP contribution in [0.4, 0.5) is 0 Å². The van der Waals surface area contributed by atoms with Gasteiger partial charge in [0.15, 0.2) is 0 Å². The van der Waals surface area contributed by atoms with Gasteiger partial charge in [-0.05, 0) is 29.6 Å². The van der Waals surface area contributed by atoms with Crippen molar-refractivity contribution >= 4 is 47.3 Å². The summed E-state index contributed by atoms with van der Waals surface area (Å²) in [6, 6.07) is 14.3. The Kier molecular flexibility index (Phi) is 5.39. The molecule has 6 heteroatoms. The Bertz CT molecular complexity index is 695. The van der Waals surface area contributed by atoms with Crippen molar-refractivity contribution in [2.75, 3.05) is 0 Å². The number of halogens is 1. The van der Waals surface area contributed by atoms with Gasteiger partial charge in [-0.1, -0.05) is 41.9 Å². The SMILES string of the molecule is NS.NSc1ccc(-c2cccc3c(Cl)c[nH]c23)cc1. The lowest BCUT2D eigenvalue weighted by atomic mass is 10.0. The summed E-state index contributed by atoms with van der Waals surface area (Å²) >= 11 is 10.4. The molecule has 2 aromatic carbocycles. The number of para-hydroxylation sites is 1. The van der Waals surface area contributed by atoms with Gasteiger partial charge in [0.1, 0.15) is 0 Å². The fourth-order valence-corrected chi connectivity index (χ4v) is 2.58. The first-order chi connectivity index (χ1) is 9.79. The van der Waals surface area contributed by atoms with E-state index in [1.807, 2.05) is 30.5 Å². The number of rotatable bonds is 2. The number of aromatic amines is 1. The zero-order valence-electron chi connectivity index (χ0n) is 10.5. The highest BCUT2D eigenvalue weighted by atomic mass is 35.5. The van der Waals surface area contributed by atoms with Crippen LogP contribution in [0.2, 0.25) is 5.02 Å². The number of H-pyrrole nitrogens is 1. The Morgan fingerprint density at radius 2 is 1.75 bits per heavy atom. The normalized spacial score (nSPS) is 10.2. The Morgan fingerprint density at radius 3 is 2.40 bits per heavy atom. The smallest absolute Gasteiger partial charge is 0.0659 e. The Morgan fingerprint density at radius 1 is 1.05 bits per heavy atom. The lowest BCUT2D eigenvalue weighted by Crippen LogP contribution is -1.82. The van der Waals surface area contributed by atoms with Crippen molar-refractivity contribution < 1.29 is 0 Å². The largest absolute Gasteiger partial charge is 0.359 e. The van der Waals surface area contributed by atoms with Crippen LogP contribution in [0, 0.1) is 0 Å². The van der Waals surface area contributed by atoms with Gasteiger partial charge in [0.05, 0.1) is 10.5 Å². The van der Waals surface area contributed by atoms with E-state index in [1.54, 1.807) is 0 Å². The van der Waals surface area contributed by atoms with E-state index in [9.17, 15) is 0 Å². The maximum absolute atomic E-state index is 6.13. The summed E-state index contributed by atoms with van der Waals surface area (Å²) in [7, 11) is 0. The highest BCUT2D eigenvalue weighted by molar-refractivity contribution is 7.97. The van der Waals surface area contributed by atoms with Gasteiger partial charge in [0, 0.05) is 22.0 Å². The molecule has 0 atom stereocenters. The maximum atomic E-state index is 6.13. The topological polar surface area (TPSA) is 67.8 Å². The number of aromatic nitrogens is 1. The van der Waals surface area contributed by atoms with Crippen LogP contribution < -0.4 is 10.3 Å². The van der Waals surface area contributed by atoms with Crippen LogP contribution in [0.5, 0.6) is 0 Å².